The van der Waals surface area contributed by atoms with Crippen LogP contribution in [-0.2, 0) is 11.8 Å². The smallest absolute Gasteiger partial charge is 0.303 e. The largest absolute Gasteiger partial charge is 0.481 e. The second-order valence-corrected chi connectivity index (χ2v) is 9.50. The molecule has 1 amide bonds. The Balaban J connectivity index is 1.54. The monoisotopic (exact) mass is 540 g/mol. The van der Waals surface area contributed by atoms with E-state index < -0.39 is 29.6 Å². The molecule has 3 N–H and O–H groups in total. The molecule has 12 heteroatoms. The molecule has 1 saturated heterocycles. The first-order valence-electron chi connectivity index (χ1n) is 11.3. The first kappa shape index (κ1) is 26.1. The number of aliphatic carboxylic acids is 1. The molecule has 1 fully saturated rings. The number of piperidine rings is 1. The van der Waals surface area contributed by atoms with Gasteiger partial charge in [0, 0.05) is 44.1 Å². The number of halogens is 4. The SMILES string of the molecule is Cn1ncc(Cl)c1-c1cc(C(=O)N[C@@H]2CNC(CCCC(=O)O)C[C@H]2c2ccc(F)c(F)c2)oc1Cl. The van der Waals surface area contributed by atoms with E-state index in [4.69, 9.17) is 32.7 Å². The molecule has 0 saturated carbocycles. The zero-order chi connectivity index (χ0) is 26.0. The number of carboxylic acids is 1. The van der Waals surface area contributed by atoms with E-state index in [2.05, 4.69) is 15.7 Å². The highest BCUT2D eigenvalue weighted by Gasteiger charge is 2.34. The van der Waals surface area contributed by atoms with Gasteiger partial charge in [0.1, 0.15) is 0 Å². The fraction of sp³-hybridized carbons (Fsp3) is 0.375. The molecule has 1 aliphatic rings. The van der Waals surface area contributed by atoms with Gasteiger partial charge in [-0.1, -0.05) is 17.7 Å². The molecule has 3 heterocycles. The predicted octanol–water partition coefficient (Wildman–Crippen LogP) is 4.76. The average Bonchev–Trinajstić information content (AvgIpc) is 3.37. The number of carboxylic acid groups (broad SMARTS) is 1. The van der Waals surface area contributed by atoms with Crippen molar-refractivity contribution in [2.24, 2.45) is 7.05 Å². The van der Waals surface area contributed by atoms with Crippen LogP contribution < -0.4 is 10.6 Å². The van der Waals surface area contributed by atoms with Crippen molar-refractivity contribution < 1.29 is 27.9 Å². The van der Waals surface area contributed by atoms with E-state index in [9.17, 15) is 18.4 Å². The van der Waals surface area contributed by atoms with Crippen molar-refractivity contribution in [2.75, 3.05) is 6.54 Å². The van der Waals surface area contributed by atoms with Crippen LogP contribution in [0.2, 0.25) is 10.2 Å². The van der Waals surface area contributed by atoms with Crippen LogP contribution in [0, 0.1) is 11.6 Å². The molecule has 1 aromatic carbocycles. The molecule has 192 valence electrons. The minimum absolute atomic E-state index is 0.0249. The molecule has 0 spiro atoms. The summed E-state index contributed by atoms with van der Waals surface area (Å²) in [5, 5.41) is 19.5. The summed E-state index contributed by atoms with van der Waals surface area (Å²) in [6, 6.07) is 4.62. The van der Waals surface area contributed by atoms with Gasteiger partial charge in [0.05, 0.1) is 22.5 Å². The van der Waals surface area contributed by atoms with E-state index in [1.807, 2.05) is 0 Å². The van der Waals surface area contributed by atoms with Crippen LogP contribution in [0.5, 0.6) is 0 Å². The van der Waals surface area contributed by atoms with Crippen molar-refractivity contribution in [3.05, 3.63) is 63.7 Å². The summed E-state index contributed by atoms with van der Waals surface area (Å²) < 4.78 is 34.6. The third kappa shape index (κ3) is 5.71. The maximum atomic E-state index is 14.0. The Kier molecular flexibility index (Phi) is 7.97. The first-order valence-corrected chi connectivity index (χ1v) is 12.1. The Labute approximate surface area is 215 Å². The molecule has 0 aliphatic carbocycles. The number of rotatable bonds is 8. The lowest BCUT2D eigenvalue weighted by molar-refractivity contribution is -0.137. The quantitative estimate of drug-likeness (QED) is 0.380. The van der Waals surface area contributed by atoms with Gasteiger partial charge in [0.2, 0.25) is 5.22 Å². The standard InChI is InChI=1S/C24H24Cl2F2N4O4/c1-32-22(16(25)10-30-32)15-9-20(36-23(15)26)24(35)31-19-11-29-13(3-2-4-21(33)34)8-14(19)12-5-6-17(27)18(28)7-12/h5-7,9-10,13-14,19,29H,2-4,8,11H2,1H3,(H,31,35)(H,33,34)/t13?,14-,19+/m0/s1. The number of carbonyl (C=O) groups is 2. The Morgan fingerprint density at radius 1 is 1.28 bits per heavy atom. The summed E-state index contributed by atoms with van der Waals surface area (Å²) in [4.78, 5) is 24.0. The topological polar surface area (TPSA) is 109 Å². The molecule has 36 heavy (non-hydrogen) atoms. The van der Waals surface area contributed by atoms with Crippen LogP contribution in [0.25, 0.3) is 11.3 Å². The summed E-state index contributed by atoms with van der Waals surface area (Å²) >= 11 is 12.4. The third-order valence-electron chi connectivity index (χ3n) is 6.34. The summed E-state index contributed by atoms with van der Waals surface area (Å²) in [6.07, 6.45) is 3.04. The van der Waals surface area contributed by atoms with Crippen molar-refractivity contribution in [1.82, 2.24) is 20.4 Å². The van der Waals surface area contributed by atoms with Gasteiger partial charge in [-0.05, 0) is 48.6 Å². The summed E-state index contributed by atoms with van der Waals surface area (Å²) in [5.74, 6) is -3.74. The summed E-state index contributed by atoms with van der Waals surface area (Å²) in [6.45, 7) is 0.335. The van der Waals surface area contributed by atoms with Crippen LogP contribution in [0.15, 0.2) is 34.9 Å². The average molecular weight is 541 g/mol. The second kappa shape index (κ2) is 11.0. The summed E-state index contributed by atoms with van der Waals surface area (Å²) in [5.41, 5.74) is 1.43. The highest BCUT2D eigenvalue weighted by molar-refractivity contribution is 6.35. The molecule has 1 aliphatic heterocycles. The van der Waals surface area contributed by atoms with Gasteiger partial charge in [-0.3, -0.25) is 14.3 Å². The minimum Gasteiger partial charge on any atom is -0.481 e. The van der Waals surface area contributed by atoms with Crippen molar-refractivity contribution in [2.45, 2.75) is 43.7 Å². The van der Waals surface area contributed by atoms with Gasteiger partial charge in [-0.25, -0.2) is 8.78 Å². The zero-order valence-corrected chi connectivity index (χ0v) is 20.7. The van der Waals surface area contributed by atoms with Gasteiger partial charge >= 0.3 is 5.97 Å². The Morgan fingerprint density at radius 2 is 2.06 bits per heavy atom. The van der Waals surface area contributed by atoms with Gasteiger partial charge < -0.3 is 20.2 Å². The van der Waals surface area contributed by atoms with Gasteiger partial charge in [0.25, 0.3) is 5.91 Å². The van der Waals surface area contributed by atoms with E-state index in [1.54, 1.807) is 7.05 Å². The van der Waals surface area contributed by atoms with Crippen molar-refractivity contribution in [1.29, 1.82) is 0 Å². The van der Waals surface area contributed by atoms with Crippen LogP contribution >= 0.6 is 23.2 Å². The lowest BCUT2D eigenvalue weighted by Crippen LogP contribution is -2.53. The molecular formula is C24H24Cl2F2N4O4. The van der Waals surface area contributed by atoms with E-state index in [1.165, 1.54) is 23.0 Å². The predicted molar refractivity (Wildman–Crippen MR) is 129 cm³/mol. The number of amides is 1. The number of hydrogen-bond donors (Lipinski definition) is 3. The van der Waals surface area contributed by atoms with Crippen molar-refractivity contribution >= 4 is 35.1 Å². The lowest BCUT2D eigenvalue weighted by Gasteiger charge is -2.38. The molecule has 0 bridgehead atoms. The van der Waals surface area contributed by atoms with E-state index >= 15 is 0 Å². The fourth-order valence-corrected chi connectivity index (χ4v) is 5.06. The Morgan fingerprint density at radius 3 is 2.72 bits per heavy atom. The van der Waals surface area contributed by atoms with E-state index in [0.717, 1.165) is 12.1 Å². The Bertz CT molecular complexity index is 1260. The molecule has 3 atom stereocenters. The maximum absolute atomic E-state index is 14.0. The van der Waals surface area contributed by atoms with E-state index in [-0.39, 0.29) is 29.4 Å². The summed E-state index contributed by atoms with van der Waals surface area (Å²) in [7, 11) is 1.68. The third-order valence-corrected chi connectivity index (χ3v) is 6.90. The van der Waals surface area contributed by atoms with Crippen LogP contribution in [0.4, 0.5) is 8.78 Å². The highest BCUT2D eigenvalue weighted by Crippen LogP contribution is 2.36. The molecule has 8 nitrogen and oxygen atoms in total. The number of aryl methyl sites for hydroxylation is 1. The van der Waals surface area contributed by atoms with E-state index in [0.29, 0.717) is 47.7 Å². The number of carbonyl (C=O) groups excluding carboxylic acids is 1. The fourth-order valence-electron chi connectivity index (χ4n) is 4.57. The molecular weight excluding hydrogens is 517 g/mol. The number of furan rings is 1. The van der Waals surface area contributed by atoms with Crippen LogP contribution in [0.3, 0.4) is 0 Å². The molecule has 2 aromatic heterocycles. The number of hydrogen-bond acceptors (Lipinski definition) is 5. The van der Waals surface area contributed by atoms with Crippen molar-refractivity contribution in [3.63, 3.8) is 0 Å². The minimum atomic E-state index is -0.978. The molecule has 4 rings (SSSR count). The number of benzene rings is 1. The number of nitrogens with one attached hydrogen (secondary N) is 2. The van der Waals surface area contributed by atoms with Crippen molar-refractivity contribution in [3.8, 4) is 11.3 Å². The zero-order valence-electron chi connectivity index (χ0n) is 19.2. The van der Waals surface area contributed by atoms with Gasteiger partial charge in [0.15, 0.2) is 17.4 Å². The molecule has 0 radical (unpaired) electrons. The number of nitrogens with zero attached hydrogens (tertiary/aromatic N) is 2. The molecule has 3 aromatic rings. The number of aromatic nitrogens is 2. The van der Waals surface area contributed by atoms with Crippen LogP contribution in [-0.4, -0.2) is 45.4 Å². The second-order valence-electron chi connectivity index (χ2n) is 8.75. The lowest BCUT2D eigenvalue weighted by atomic mass is 9.81. The first-order chi connectivity index (χ1) is 17.1. The molecule has 1 unspecified atom stereocenters. The normalized spacial score (nSPS) is 19.9. The Hall–Kier alpha value is -2.95. The van der Waals surface area contributed by atoms with Gasteiger partial charge in [-0.15, -0.1) is 0 Å². The van der Waals surface area contributed by atoms with Gasteiger partial charge in [-0.2, -0.15) is 5.10 Å². The van der Waals surface area contributed by atoms with Crippen LogP contribution in [0.1, 0.15) is 47.7 Å². The highest BCUT2D eigenvalue weighted by atomic mass is 35.5. The maximum Gasteiger partial charge on any atom is 0.303 e.